The van der Waals surface area contributed by atoms with Gasteiger partial charge in [0.05, 0.1) is 12.6 Å². The molecule has 1 heterocycles. The Bertz CT molecular complexity index is 821. The molecule has 6 heteroatoms. The van der Waals surface area contributed by atoms with E-state index in [4.69, 9.17) is 5.11 Å². The Labute approximate surface area is 146 Å². The summed E-state index contributed by atoms with van der Waals surface area (Å²) in [6.45, 7) is 3.12. The predicted molar refractivity (Wildman–Crippen MR) is 98.9 cm³/mol. The highest BCUT2D eigenvalue weighted by atomic mass is 16.4. The van der Waals surface area contributed by atoms with E-state index in [1.54, 1.807) is 6.92 Å². The number of hydrogen-bond acceptors (Lipinski definition) is 3. The highest BCUT2D eigenvalue weighted by Crippen LogP contribution is 2.28. The topological polar surface area (TPSA) is 86.5 Å². The second kappa shape index (κ2) is 7.55. The number of hydrogen-bond donors (Lipinski definition) is 4. The van der Waals surface area contributed by atoms with Crippen LogP contribution < -0.4 is 10.6 Å². The molecule has 0 aliphatic rings. The van der Waals surface area contributed by atoms with E-state index in [0.717, 1.165) is 11.0 Å². The molecule has 0 spiro atoms. The van der Waals surface area contributed by atoms with Crippen LogP contribution in [0.3, 0.4) is 0 Å². The number of nitrogens with one attached hydrogen (secondary N) is 2. The molecule has 2 aromatic carbocycles. The van der Waals surface area contributed by atoms with E-state index in [2.05, 4.69) is 39.5 Å². The molecular weight excluding hydrogens is 318 g/mol. The van der Waals surface area contributed by atoms with Crippen LogP contribution in [0.2, 0.25) is 0 Å². The maximum Gasteiger partial charge on any atom is 0.404 e. The van der Waals surface area contributed by atoms with Gasteiger partial charge >= 0.3 is 6.09 Å². The van der Waals surface area contributed by atoms with Crippen molar-refractivity contribution in [3.05, 3.63) is 48.5 Å². The van der Waals surface area contributed by atoms with Crippen LogP contribution in [0.4, 0.5) is 4.79 Å². The molecule has 0 radical (unpaired) electrons. The number of rotatable bonds is 7. The van der Waals surface area contributed by atoms with Gasteiger partial charge in [0.1, 0.15) is 0 Å². The van der Waals surface area contributed by atoms with E-state index in [-0.39, 0.29) is 6.04 Å². The molecule has 6 nitrogen and oxygen atoms in total. The smallest absolute Gasteiger partial charge is 0.404 e. The Morgan fingerprint density at radius 3 is 2.16 bits per heavy atom. The van der Waals surface area contributed by atoms with Gasteiger partial charge in [0.25, 0.3) is 0 Å². The summed E-state index contributed by atoms with van der Waals surface area (Å²) in [7, 11) is 0. The van der Waals surface area contributed by atoms with E-state index in [1.807, 2.05) is 24.3 Å². The average Bonchev–Trinajstić information content (AvgIpc) is 2.89. The molecule has 0 fully saturated rings. The van der Waals surface area contributed by atoms with Gasteiger partial charge in [-0.25, -0.2) is 4.79 Å². The first-order valence-corrected chi connectivity index (χ1v) is 8.40. The van der Waals surface area contributed by atoms with E-state index in [1.165, 1.54) is 10.8 Å². The van der Waals surface area contributed by atoms with Gasteiger partial charge in [0.15, 0.2) is 0 Å². The first-order chi connectivity index (χ1) is 12.1. The van der Waals surface area contributed by atoms with Gasteiger partial charge in [-0.05, 0) is 19.1 Å². The molecule has 0 aliphatic carbocycles. The van der Waals surface area contributed by atoms with Gasteiger partial charge in [0.2, 0.25) is 0 Å². The van der Waals surface area contributed by atoms with Crippen molar-refractivity contribution in [1.29, 1.82) is 0 Å². The highest BCUT2D eigenvalue weighted by Gasteiger charge is 2.13. The zero-order valence-corrected chi connectivity index (χ0v) is 14.1. The maximum absolute atomic E-state index is 10.6. The number of benzene rings is 2. The SMILES string of the molecule is CC(CNCC(O)Cn1c2ccccc2c2ccccc21)NC(=O)O. The minimum absolute atomic E-state index is 0.210. The number of aliphatic hydroxyl groups excluding tert-OH is 1. The lowest BCUT2D eigenvalue weighted by Crippen LogP contribution is -2.41. The van der Waals surface area contributed by atoms with Gasteiger partial charge in [-0.2, -0.15) is 0 Å². The lowest BCUT2D eigenvalue weighted by atomic mass is 10.2. The molecule has 0 saturated heterocycles. The largest absolute Gasteiger partial charge is 0.465 e. The van der Waals surface area contributed by atoms with Gasteiger partial charge in [-0.15, -0.1) is 0 Å². The van der Waals surface area contributed by atoms with Crippen molar-refractivity contribution in [3.63, 3.8) is 0 Å². The Morgan fingerprint density at radius 1 is 1.04 bits per heavy atom. The summed E-state index contributed by atoms with van der Waals surface area (Å²) in [5.41, 5.74) is 2.20. The third-order valence-electron chi connectivity index (χ3n) is 4.27. The van der Waals surface area contributed by atoms with Gasteiger partial charge in [-0.1, -0.05) is 36.4 Å². The summed E-state index contributed by atoms with van der Waals surface area (Å²) in [5, 5.41) is 26.9. The number of amides is 1. The Hall–Kier alpha value is -2.57. The van der Waals surface area contributed by atoms with Crippen LogP contribution in [0.1, 0.15) is 6.92 Å². The van der Waals surface area contributed by atoms with Crippen molar-refractivity contribution < 1.29 is 15.0 Å². The van der Waals surface area contributed by atoms with Crippen LogP contribution in [0.25, 0.3) is 21.8 Å². The van der Waals surface area contributed by atoms with Crippen LogP contribution >= 0.6 is 0 Å². The Balaban J connectivity index is 1.70. The molecule has 2 unspecified atom stereocenters. The van der Waals surface area contributed by atoms with Crippen molar-refractivity contribution in [2.24, 2.45) is 0 Å². The molecule has 0 aliphatic heterocycles. The summed E-state index contributed by atoms with van der Waals surface area (Å²) in [6, 6.07) is 16.2. The molecule has 1 amide bonds. The van der Waals surface area contributed by atoms with E-state index in [0.29, 0.717) is 19.6 Å². The minimum atomic E-state index is -1.04. The normalized spacial score (nSPS) is 13.8. The molecule has 0 saturated carbocycles. The zero-order chi connectivity index (χ0) is 17.8. The van der Waals surface area contributed by atoms with Gasteiger partial charge < -0.3 is 25.4 Å². The number of aromatic nitrogens is 1. The number of carboxylic acid groups (broad SMARTS) is 1. The fourth-order valence-corrected chi connectivity index (χ4v) is 3.20. The van der Waals surface area contributed by atoms with Crippen LogP contribution in [-0.2, 0) is 6.54 Å². The molecule has 2 atom stereocenters. The number of carbonyl (C=O) groups is 1. The fraction of sp³-hybridized carbons (Fsp3) is 0.316. The molecule has 132 valence electrons. The molecule has 3 rings (SSSR count). The minimum Gasteiger partial charge on any atom is -0.465 e. The second-order valence-electron chi connectivity index (χ2n) is 6.31. The van der Waals surface area contributed by atoms with Crippen molar-refractivity contribution >= 4 is 27.9 Å². The van der Waals surface area contributed by atoms with Crippen LogP contribution in [0.5, 0.6) is 0 Å². The number of nitrogens with zero attached hydrogens (tertiary/aromatic N) is 1. The third-order valence-corrected chi connectivity index (χ3v) is 4.27. The quantitative estimate of drug-likeness (QED) is 0.531. The maximum atomic E-state index is 10.6. The zero-order valence-electron chi connectivity index (χ0n) is 14.1. The third kappa shape index (κ3) is 3.92. The molecule has 3 aromatic rings. The molecule has 0 bridgehead atoms. The molecule has 1 aromatic heterocycles. The van der Waals surface area contributed by atoms with Crippen molar-refractivity contribution in [1.82, 2.24) is 15.2 Å². The van der Waals surface area contributed by atoms with Crippen molar-refractivity contribution in [2.45, 2.75) is 25.6 Å². The van der Waals surface area contributed by atoms with E-state index in [9.17, 15) is 9.90 Å². The number of fused-ring (bicyclic) bond motifs is 3. The van der Waals surface area contributed by atoms with E-state index < -0.39 is 12.2 Å². The van der Waals surface area contributed by atoms with Crippen LogP contribution in [0, 0.1) is 0 Å². The number of para-hydroxylation sites is 2. The van der Waals surface area contributed by atoms with Gasteiger partial charge in [0, 0.05) is 40.9 Å². The molecule has 4 N–H and O–H groups in total. The molecular formula is C19H23N3O3. The van der Waals surface area contributed by atoms with Crippen LogP contribution in [-0.4, -0.2) is 46.1 Å². The summed E-state index contributed by atoms with van der Waals surface area (Å²) in [4.78, 5) is 10.6. The highest BCUT2D eigenvalue weighted by molar-refractivity contribution is 6.07. The lowest BCUT2D eigenvalue weighted by Gasteiger charge is -2.17. The predicted octanol–water partition coefficient (Wildman–Crippen LogP) is 2.40. The fourth-order valence-electron chi connectivity index (χ4n) is 3.20. The van der Waals surface area contributed by atoms with Crippen LogP contribution in [0.15, 0.2) is 48.5 Å². The molecule has 25 heavy (non-hydrogen) atoms. The standard InChI is InChI=1S/C19H23N3O3/c1-13(21-19(24)25)10-20-11-14(23)12-22-17-8-4-2-6-15(17)16-7-3-5-9-18(16)22/h2-9,13-14,20-21,23H,10-12H2,1H3,(H,24,25). The van der Waals surface area contributed by atoms with Crippen molar-refractivity contribution in [2.75, 3.05) is 13.1 Å². The first kappa shape index (κ1) is 17.3. The van der Waals surface area contributed by atoms with E-state index >= 15 is 0 Å². The summed E-state index contributed by atoms with van der Waals surface area (Å²) in [6.07, 6.45) is -1.61. The first-order valence-electron chi connectivity index (χ1n) is 8.40. The summed E-state index contributed by atoms with van der Waals surface area (Å²) < 4.78 is 2.13. The van der Waals surface area contributed by atoms with Gasteiger partial charge in [-0.3, -0.25) is 0 Å². The average molecular weight is 341 g/mol. The number of aliphatic hydroxyl groups is 1. The summed E-state index contributed by atoms with van der Waals surface area (Å²) >= 11 is 0. The Kier molecular flexibility index (Phi) is 5.21. The monoisotopic (exact) mass is 341 g/mol. The second-order valence-corrected chi connectivity index (χ2v) is 6.31. The summed E-state index contributed by atoms with van der Waals surface area (Å²) in [5.74, 6) is 0. The van der Waals surface area contributed by atoms with Crippen molar-refractivity contribution in [3.8, 4) is 0 Å². The lowest BCUT2D eigenvalue weighted by molar-refractivity contribution is 0.153. The Morgan fingerprint density at radius 2 is 1.60 bits per heavy atom.